The lowest BCUT2D eigenvalue weighted by Gasteiger charge is -2.15. The van der Waals surface area contributed by atoms with Crippen LogP contribution in [-0.2, 0) is 4.74 Å². The van der Waals surface area contributed by atoms with Crippen LogP contribution in [0.3, 0.4) is 0 Å². The SMILES string of the molecule is Cc1cn([C@H]2CC(F)[C@@H](CO)O2)c(=O)nc1N. The van der Waals surface area contributed by atoms with Gasteiger partial charge < -0.3 is 15.6 Å². The number of nitrogens with zero attached hydrogens (tertiary/aromatic N) is 2. The first-order valence-corrected chi connectivity index (χ1v) is 5.28. The summed E-state index contributed by atoms with van der Waals surface area (Å²) in [6, 6.07) is 0. The van der Waals surface area contributed by atoms with Gasteiger partial charge in [-0.05, 0) is 6.92 Å². The number of hydrogen-bond donors (Lipinski definition) is 2. The number of rotatable bonds is 2. The second-order valence-electron chi connectivity index (χ2n) is 4.06. The maximum absolute atomic E-state index is 13.4. The molecule has 1 aromatic rings. The summed E-state index contributed by atoms with van der Waals surface area (Å²) in [6.45, 7) is 1.29. The second kappa shape index (κ2) is 4.42. The molecule has 6 nitrogen and oxygen atoms in total. The number of hydrogen-bond acceptors (Lipinski definition) is 5. The molecule has 0 aromatic carbocycles. The highest BCUT2D eigenvalue weighted by Gasteiger charge is 2.36. The molecule has 1 fully saturated rings. The lowest BCUT2D eigenvalue weighted by molar-refractivity contribution is -0.0355. The molecule has 3 N–H and O–H groups in total. The Kier molecular flexibility index (Phi) is 3.12. The zero-order valence-electron chi connectivity index (χ0n) is 9.34. The Hall–Kier alpha value is -1.47. The molecule has 94 valence electrons. The number of halogens is 1. The molecule has 3 atom stereocenters. The first-order valence-electron chi connectivity index (χ1n) is 5.28. The van der Waals surface area contributed by atoms with E-state index in [1.54, 1.807) is 6.92 Å². The van der Waals surface area contributed by atoms with E-state index >= 15 is 0 Å². The molecule has 0 spiro atoms. The highest BCUT2D eigenvalue weighted by Crippen LogP contribution is 2.29. The summed E-state index contributed by atoms with van der Waals surface area (Å²) in [6.07, 6.45) is -1.39. The lowest BCUT2D eigenvalue weighted by Crippen LogP contribution is -2.28. The van der Waals surface area contributed by atoms with E-state index in [0.29, 0.717) is 5.56 Å². The number of nitrogen functional groups attached to an aromatic ring is 1. The monoisotopic (exact) mass is 243 g/mol. The first kappa shape index (κ1) is 12.0. The highest BCUT2D eigenvalue weighted by molar-refractivity contribution is 5.35. The summed E-state index contributed by atoms with van der Waals surface area (Å²) in [5.41, 5.74) is 5.53. The van der Waals surface area contributed by atoms with E-state index in [0.717, 1.165) is 0 Å². The average molecular weight is 243 g/mol. The van der Waals surface area contributed by atoms with Crippen molar-refractivity contribution in [2.75, 3.05) is 12.3 Å². The van der Waals surface area contributed by atoms with Crippen LogP contribution in [0.2, 0.25) is 0 Å². The van der Waals surface area contributed by atoms with Crippen LogP contribution in [0.25, 0.3) is 0 Å². The maximum Gasteiger partial charge on any atom is 0.351 e. The third-order valence-electron chi connectivity index (χ3n) is 2.83. The van der Waals surface area contributed by atoms with Crippen molar-refractivity contribution in [1.29, 1.82) is 0 Å². The highest BCUT2D eigenvalue weighted by atomic mass is 19.1. The molecule has 1 aliphatic rings. The van der Waals surface area contributed by atoms with Gasteiger partial charge in [-0.3, -0.25) is 4.57 Å². The fourth-order valence-electron chi connectivity index (χ4n) is 1.81. The third-order valence-corrected chi connectivity index (χ3v) is 2.83. The fourth-order valence-corrected chi connectivity index (χ4v) is 1.81. The fraction of sp³-hybridized carbons (Fsp3) is 0.600. The zero-order chi connectivity index (χ0) is 12.6. The van der Waals surface area contributed by atoms with Gasteiger partial charge >= 0.3 is 5.69 Å². The molecule has 2 heterocycles. The van der Waals surface area contributed by atoms with Gasteiger partial charge in [-0.15, -0.1) is 0 Å². The molecule has 7 heteroatoms. The average Bonchev–Trinajstić information content (AvgIpc) is 2.65. The van der Waals surface area contributed by atoms with Crippen LogP contribution in [0.4, 0.5) is 10.2 Å². The van der Waals surface area contributed by atoms with Crippen LogP contribution in [-0.4, -0.2) is 33.5 Å². The number of anilines is 1. The minimum Gasteiger partial charge on any atom is -0.394 e. The van der Waals surface area contributed by atoms with E-state index in [1.807, 2.05) is 0 Å². The Balaban J connectivity index is 2.30. The molecule has 0 aliphatic carbocycles. The number of aliphatic hydroxyl groups is 1. The van der Waals surface area contributed by atoms with Gasteiger partial charge in [-0.25, -0.2) is 9.18 Å². The minimum atomic E-state index is -1.28. The van der Waals surface area contributed by atoms with Gasteiger partial charge in [0.1, 0.15) is 24.3 Å². The molecule has 1 unspecified atom stereocenters. The molecule has 0 amide bonds. The maximum atomic E-state index is 13.4. The summed E-state index contributed by atoms with van der Waals surface area (Å²) >= 11 is 0. The number of aliphatic hydroxyl groups excluding tert-OH is 1. The molecular formula is C10H14FN3O3. The van der Waals surface area contributed by atoms with Crippen molar-refractivity contribution in [3.63, 3.8) is 0 Å². The van der Waals surface area contributed by atoms with E-state index in [2.05, 4.69) is 4.98 Å². The summed E-state index contributed by atoms with van der Waals surface area (Å²) in [5, 5.41) is 8.88. The molecule has 0 bridgehead atoms. The normalized spacial score (nSPS) is 28.5. The smallest absolute Gasteiger partial charge is 0.351 e. The van der Waals surface area contributed by atoms with Gasteiger partial charge in [0.05, 0.1) is 6.61 Å². The van der Waals surface area contributed by atoms with Crippen LogP contribution in [0.5, 0.6) is 0 Å². The predicted molar refractivity (Wildman–Crippen MR) is 58.2 cm³/mol. The summed E-state index contributed by atoms with van der Waals surface area (Å²) < 4.78 is 19.8. The Morgan fingerprint density at radius 2 is 2.47 bits per heavy atom. The van der Waals surface area contributed by atoms with E-state index < -0.39 is 30.8 Å². The Morgan fingerprint density at radius 1 is 1.76 bits per heavy atom. The zero-order valence-corrected chi connectivity index (χ0v) is 9.34. The molecule has 17 heavy (non-hydrogen) atoms. The molecule has 0 saturated carbocycles. The number of aryl methyl sites for hydroxylation is 1. The number of aromatic nitrogens is 2. The van der Waals surface area contributed by atoms with Crippen molar-refractivity contribution >= 4 is 5.82 Å². The number of ether oxygens (including phenoxy) is 1. The van der Waals surface area contributed by atoms with E-state index in [4.69, 9.17) is 15.6 Å². The molecule has 1 aliphatic heterocycles. The third kappa shape index (κ3) is 2.16. The summed E-state index contributed by atoms with van der Waals surface area (Å²) in [5.74, 6) is 0.153. The molecule has 2 rings (SSSR count). The predicted octanol–water partition coefficient (Wildman–Crippen LogP) is -0.248. The topological polar surface area (TPSA) is 90.4 Å². The van der Waals surface area contributed by atoms with Crippen molar-refractivity contribution in [1.82, 2.24) is 9.55 Å². The van der Waals surface area contributed by atoms with Gasteiger partial charge in [0.25, 0.3) is 0 Å². The van der Waals surface area contributed by atoms with Crippen LogP contribution in [0, 0.1) is 6.92 Å². The molecule has 1 saturated heterocycles. The van der Waals surface area contributed by atoms with Crippen molar-refractivity contribution in [3.05, 3.63) is 22.2 Å². The van der Waals surface area contributed by atoms with Gasteiger partial charge in [0, 0.05) is 18.2 Å². The van der Waals surface area contributed by atoms with Crippen LogP contribution >= 0.6 is 0 Å². The van der Waals surface area contributed by atoms with Crippen LogP contribution in [0.1, 0.15) is 18.2 Å². The van der Waals surface area contributed by atoms with Crippen LogP contribution < -0.4 is 11.4 Å². The number of nitrogens with two attached hydrogens (primary N) is 1. The first-order chi connectivity index (χ1) is 8.02. The van der Waals surface area contributed by atoms with Gasteiger partial charge in [0.15, 0.2) is 0 Å². The second-order valence-corrected chi connectivity index (χ2v) is 4.06. The largest absolute Gasteiger partial charge is 0.394 e. The van der Waals surface area contributed by atoms with Crippen molar-refractivity contribution < 1.29 is 14.2 Å². The Morgan fingerprint density at radius 3 is 3.06 bits per heavy atom. The Labute approximate surface area is 96.8 Å². The van der Waals surface area contributed by atoms with Crippen LogP contribution in [0.15, 0.2) is 11.0 Å². The molecule has 0 radical (unpaired) electrons. The lowest BCUT2D eigenvalue weighted by atomic mass is 10.2. The summed E-state index contributed by atoms with van der Waals surface area (Å²) in [7, 11) is 0. The number of alkyl halides is 1. The standard InChI is InChI=1S/C10H14FN3O3/c1-5-3-14(10(16)13-9(5)12)8-2-6(11)7(4-15)17-8/h3,6-8,15H,2,4H2,1H3,(H2,12,13,16)/t6?,7-,8-/m1/s1. The van der Waals surface area contributed by atoms with E-state index in [9.17, 15) is 9.18 Å². The van der Waals surface area contributed by atoms with Crippen molar-refractivity contribution in [2.24, 2.45) is 0 Å². The van der Waals surface area contributed by atoms with E-state index in [-0.39, 0.29) is 12.2 Å². The van der Waals surface area contributed by atoms with Crippen molar-refractivity contribution in [3.8, 4) is 0 Å². The Bertz CT molecular complexity index is 476. The summed E-state index contributed by atoms with van der Waals surface area (Å²) in [4.78, 5) is 15.2. The van der Waals surface area contributed by atoms with Gasteiger partial charge in [-0.1, -0.05) is 0 Å². The van der Waals surface area contributed by atoms with Gasteiger partial charge in [-0.2, -0.15) is 4.98 Å². The molecular weight excluding hydrogens is 229 g/mol. The van der Waals surface area contributed by atoms with Crippen molar-refractivity contribution in [2.45, 2.75) is 31.8 Å². The van der Waals surface area contributed by atoms with Gasteiger partial charge in [0.2, 0.25) is 0 Å². The minimum absolute atomic E-state index is 0.0240. The quantitative estimate of drug-likeness (QED) is 0.747. The van der Waals surface area contributed by atoms with E-state index in [1.165, 1.54) is 10.8 Å². The molecule has 1 aromatic heterocycles.